The van der Waals surface area contributed by atoms with E-state index in [4.69, 9.17) is 15.2 Å². The highest BCUT2D eigenvalue weighted by Gasteiger charge is 2.30. The largest absolute Gasteiger partial charge is 0.497 e. The summed E-state index contributed by atoms with van der Waals surface area (Å²) in [5, 5.41) is 6.17. The highest BCUT2D eigenvalue weighted by atomic mass is 16.6. The molecule has 0 radical (unpaired) electrons. The maximum absolute atomic E-state index is 12.1. The number of nitrogens with two attached hydrogens (primary N) is 1. The van der Waals surface area contributed by atoms with Crippen molar-refractivity contribution in [3.05, 3.63) is 53.7 Å². The highest BCUT2D eigenvalue weighted by molar-refractivity contribution is 5.67. The number of nitrogens with zero attached hydrogens (tertiary/aromatic N) is 1. The Bertz CT molecular complexity index is 739. The zero-order valence-corrected chi connectivity index (χ0v) is 15.3. The zero-order chi connectivity index (χ0) is 18.4. The fourth-order valence-corrected chi connectivity index (χ4v) is 3.06. The van der Waals surface area contributed by atoms with Crippen LogP contribution in [0.25, 0.3) is 0 Å². The molecule has 8 nitrogen and oxygen atoms in total. The molecule has 1 aromatic carbocycles. The van der Waals surface area contributed by atoms with E-state index in [2.05, 4.69) is 15.6 Å². The van der Waals surface area contributed by atoms with E-state index >= 15 is 0 Å². The normalized spacial score (nSPS) is 18.4. The molecule has 0 bridgehead atoms. The number of carbonyl (C=O) groups excluding carboxylic acids is 1. The Morgan fingerprint density at radius 2 is 2.07 bits per heavy atom. The van der Waals surface area contributed by atoms with Crippen molar-refractivity contribution in [2.45, 2.75) is 31.5 Å². The maximum atomic E-state index is 12.1. The number of aromatic nitrogens is 1. The first kappa shape index (κ1) is 20.5. The maximum Gasteiger partial charge on any atom is 0.407 e. The summed E-state index contributed by atoms with van der Waals surface area (Å²) in [5.74, 6) is 1.26. The highest BCUT2D eigenvalue weighted by Crippen LogP contribution is 2.18. The van der Waals surface area contributed by atoms with Gasteiger partial charge < -0.3 is 31.3 Å². The molecule has 2 aromatic rings. The minimum Gasteiger partial charge on any atom is -0.497 e. The van der Waals surface area contributed by atoms with Crippen LogP contribution in [-0.2, 0) is 17.7 Å². The third kappa shape index (κ3) is 5.83. The topological polar surface area (TPSA) is 130 Å². The number of ether oxygens (including phenoxy) is 2. The van der Waals surface area contributed by atoms with Gasteiger partial charge in [-0.3, -0.25) is 0 Å². The van der Waals surface area contributed by atoms with Crippen LogP contribution in [0.4, 0.5) is 10.6 Å². The zero-order valence-electron chi connectivity index (χ0n) is 15.3. The van der Waals surface area contributed by atoms with Crippen LogP contribution in [0.15, 0.2) is 42.6 Å². The number of hydrogen-bond donors (Lipinski definition) is 3. The number of benzene rings is 1. The van der Waals surface area contributed by atoms with E-state index in [1.165, 1.54) is 5.56 Å². The Morgan fingerprint density at radius 1 is 1.30 bits per heavy atom. The number of amides is 1. The lowest BCUT2D eigenvalue weighted by Crippen LogP contribution is -2.38. The van der Waals surface area contributed by atoms with Gasteiger partial charge in [-0.25, -0.2) is 9.78 Å². The summed E-state index contributed by atoms with van der Waals surface area (Å²) in [4.78, 5) is 16.0. The van der Waals surface area contributed by atoms with E-state index in [0.717, 1.165) is 30.7 Å². The molecule has 27 heavy (non-hydrogen) atoms. The van der Waals surface area contributed by atoms with Crippen LogP contribution in [-0.4, -0.2) is 42.4 Å². The molecule has 2 atom stereocenters. The molecule has 2 unspecified atom stereocenters. The molecule has 6 N–H and O–H groups in total. The van der Waals surface area contributed by atoms with Crippen molar-refractivity contribution in [2.75, 3.05) is 19.4 Å². The van der Waals surface area contributed by atoms with Gasteiger partial charge in [-0.15, -0.1) is 0 Å². The van der Waals surface area contributed by atoms with E-state index in [1.807, 2.05) is 24.3 Å². The van der Waals surface area contributed by atoms with Crippen molar-refractivity contribution in [1.82, 2.24) is 15.6 Å². The average molecular weight is 374 g/mol. The van der Waals surface area contributed by atoms with Crippen LogP contribution >= 0.6 is 0 Å². The van der Waals surface area contributed by atoms with Gasteiger partial charge in [0, 0.05) is 18.8 Å². The Kier molecular flexibility index (Phi) is 7.39. The molecule has 0 spiro atoms. The number of carbonyl (C=O) groups is 1. The third-order valence-electron chi connectivity index (χ3n) is 4.44. The second kappa shape index (κ2) is 9.75. The first-order valence-corrected chi connectivity index (χ1v) is 8.65. The first-order valence-electron chi connectivity index (χ1n) is 8.65. The van der Waals surface area contributed by atoms with Crippen LogP contribution in [0, 0.1) is 0 Å². The molecule has 0 aliphatic carbocycles. The van der Waals surface area contributed by atoms with Crippen LogP contribution in [0.5, 0.6) is 5.75 Å². The fraction of sp³-hybridized carbons (Fsp3) is 0.368. The minimum absolute atomic E-state index is 0. The third-order valence-corrected chi connectivity index (χ3v) is 4.44. The summed E-state index contributed by atoms with van der Waals surface area (Å²) >= 11 is 0. The molecule has 1 fully saturated rings. The summed E-state index contributed by atoms with van der Waals surface area (Å²) in [5.41, 5.74) is 7.69. The second-order valence-corrected chi connectivity index (χ2v) is 6.29. The van der Waals surface area contributed by atoms with Crippen LogP contribution in [0.2, 0.25) is 0 Å². The molecule has 1 aliphatic heterocycles. The smallest absolute Gasteiger partial charge is 0.407 e. The number of anilines is 1. The monoisotopic (exact) mass is 374 g/mol. The molecule has 146 valence electrons. The standard InChI is InChI=1S/C19H24N4O3.H2O/c1-25-15-4-2-13(3-5-15)10-16-17(7-9-21-16)26-19(24)23-12-14-6-8-22-18(20)11-14;/h2-6,8,11,16-17,21H,7,9-10,12H2,1H3,(H2,20,22)(H,23,24);1H2. The summed E-state index contributed by atoms with van der Waals surface area (Å²) in [6, 6.07) is 11.6. The number of pyridine rings is 1. The summed E-state index contributed by atoms with van der Waals surface area (Å²) in [6.45, 7) is 1.19. The van der Waals surface area contributed by atoms with Crippen LogP contribution in [0.3, 0.4) is 0 Å². The van der Waals surface area contributed by atoms with Crippen molar-refractivity contribution >= 4 is 11.9 Å². The lowest BCUT2D eigenvalue weighted by atomic mass is 10.0. The quantitative estimate of drug-likeness (QED) is 0.693. The minimum atomic E-state index is -0.422. The number of nitrogens with one attached hydrogen (secondary N) is 2. The van der Waals surface area contributed by atoms with Gasteiger partial charge in [0.2, 0.25) is 0 Å². The summed E-state index contributed by atoms with van der Waals surface area (Å²) in [7, 11) is 1.65. The summed E-state index contributed by atoms with van der Waals surface area (Å²) < 4.78 is 10.8. The molecule has 1 amide bonds. The lowest BCUT2D eigenvalue weighted by Gasteiger charge is -2.20. The van der Waals surface area contributed by atoms with Crippen molar-refractivity contribution < 1.29 is 19.7 Å². The van der Waals surface area contributed by atoms with Gasteiger partial charge >= 0.3 is 6.09 Å². The second-order valence-electron chi connectivity index (χ2n) is 6.29. The number of methoxy groups -OCH3 is 1. The Labute approximate surface area is 158 Å². The molecular formula is C19H26N4O4. The summed E-state index contributed by atoms with van der Waals surface area (Å²) in [6.07, 6.45) is 2.64. The number of rotatable bonds is 6. The molecule has 1 aromatic heterocycles. The van der Waals surface area contributed by atoms with Crippen LogP contribution in [0.1, 0.15) is 17.5 Å². The average Bonchev–Trinajstić information content (AvgIpc) is 3.07. The first-order chi connectivity index (χ1) is 12.6. The molecule has 1 saturated heterocycles. The molecular weight excluding hydrogens is 348 g/mol. The van der Waals surface area contributed by atoms with Gasteiger partial charge in [0.1, 0.15) is 17.7 Å². The number of nitrogen functional groups attached to an aromatic ring is 1. The van der Waals surface area contributed by atoms with Gasteiger partial charge in [0.15, 0.2) is 0 Å². The van der Waals surface area contributed by atoms with Crippen molar-refractivity contribution in [1.29, 1.82) is 0 Å². The van der Waals surface area contributed by atoms with Crippen molar-refractivity contribution in [2.24, 2.45) is 0 Å². The molecule has 3 rings (SSSR count). The fourth-order valence-electron chi connectivity index (χ4n) is 3.06. The molecule has 8 heteroatoms. The van der Waals surface area contributed by atoms with Crippen molar-refractivity contribution in [3.63, 3.8) is 0 Å². The predicted octanol–water partition coefficient (Wildman–Crippen LogP) is 1.05. The van der Waals surface area contributed by atoms with E-state index in [1.54, 1.807) is 25.4 Å². The Balaban J connectivity index is 0.00000261. The van der Waals surface area contributed by atoms with Gasteiger partial charge in [-0.2, -0.15) is 0 Å². The number of hydrogen-bond acceptors (Lipinski definition) is 6. The molecule has 1 aliphatic rings. The molecule has 2 heterocycles. The number of alkyl carbamates (subject to hydrolysis) is 1. The van der Waals surface area contributed by atoms with Gasteiger partial charge in [-0.05, 0) is 54.8 Å². The Hall–Kier alpha value is -2.84. The van der Waals surface area contributed by atoms with Crippen LogP contribution < -0.4 is 21.1 Å². The lowest BCUT2D eigenvalue weighted by molar-refractivity contribution is 0.0896. The van der Waals surface area contributed by atoms with E-state index in [9.17, 15) is 4.79 Å². The van der Waals surface area contributed by atoms with E-state index < -0.39 is 6.09 Å². The van der Waals surface area contributed by atoms with Gasteiger partial charge in [-0.1, -0.05) is 12.1 Å². The molecule has 0 saturated carbocycles. The predicted molar refractivity (Wildman–Crippen MR) is 102 cm³/mol. The van der Waals surface area contributed by atoms with Crippen molar-refractivity contribution in [3.8, 4) is 5.75 Å². The Morgan fingerprint density at radius 3 is 2.78 bits per heavy atom. The SMILES string of the molecule is COc1ccc(CC2NCCC2OC(=O)NCc2ccnc(N)c2)cc1.O. The van der Waals surface area contributed by atoms with Gasteiger partial charge in [0.25, 0.3) is 0 Å². The van der Waals surface area contributed by atoms with E-state index in [0.29, 0.717) is 12.4 Å². The van der Waals surface area contributed by atoms with E-state index in [-0.39, 0.29) is 17.6 Å². The van der Waals surface area contributed by atoms with Gasteiger partial charge in [0.05, 0.1) is 7.11 Å².